The molecule has 0 aromatic rings. The van der Waals surface area contributed by atoms with Crippen LogP contribution in [0.25, 0.3) is 0 Å². The van der Waals surface area contributed by atoms with E-state index in [1.807, 2.05) is 20.8 Å². The minimum absolute atomic E-state index is 0.0516. The molecule has 1 fully saturated rings. The maximum absolute atomic E-state index is 11.9. The van der Waals surface area contributed by atoms with E-state index >= 15 is 0 Å². The van der Waals surface area contributed by atoms with Crippen molar-refractivity contribution in [3.05, 3.63) is 0 Å². The lowest BCUT2D eigenvalue weighted by Gasteiger charge is -2.29. The number of carbonyl (C=O) groups is 2. The zero-order chi connectivity index (χ0) is 14.5. The molecule has 19 heavy (non-hydrogen) atoms. The molecule has 1 unspecified atom stereocenters. The third kappa shape index (κ3) is 5.62. The summed E-state index contributed by atoms with van der Waals surface area (Å²) in [5.41, 5.74) is 5.02. The summed E-state index contributed by atoms with van der Waals surface area (Å²) < 4.78 is 0. The van der Waals surface area contributed by atoms with Crippen LogP contribution < -0.4 is 11.1 Å². The van der Waals surface area contributed by atoms with Crippen LogP contribution in [-0.4, -0.2) is 17.9 Å². The van der Waals surface area contributed by atoms with Crippen molar-refractivity contribution < 1.29 is 9.59 Å². The Morgan fingerprint density at radius 3 is 2.26 bits per heavy atom. The summed E-state index contributed by atoms with van der Waals surface area (Å²) in [4.78, 5) is 23.3. The Labute approximate surface area is 116 Å². The van der Waals surface area contributed by atoms with E-state index in [9.17, 15) is 9.59 Å². The molecule has 0 aliphatic heterocycles. The maximum atomic E-state index is 11.9. The molecule has 0 heterocycles. The Morgan fingerprint density at radius 1 is 1.21 bits per heavy atom. The van der Waals surface area contributed by atoms with Crippen LogP contribution >= 0.6 is 0 Å². The molecule has 1 rings (SSSR count). The smallest absolute Gasteiger partial charge is 0.240 e. The lowest BCUT2D eigenvalue weighted by atomic mass is 9.85. The highest BCUT2D eigenvalue weighted by molar-refractivity contribution is 5.87. The third-order valence-electron chi connectivity index (χ3n) is 3.96. The van der Waals surface area contributed by atoms with Gasteiger partial charge in [0.1, 0.15) is 6.04 Å². The molecule has 1 aliphatic rings. The fourth-order valence-electron chi connectivity index (χ4n) is 2.76. The number of hydrogen-bond donors (Lipinski definition) is 2. The molecular formula is C15H28N2O2. The average Bonchev–Trinajstić information content (AvgIpc) is 2.33. The van der Waals surface area contributed by atoms with Crippen molar-refractivity contribution in [2.75, 3.05) is 0 Å². The summed E-state index contributed by atoms with van der Waals surface area (Å²) in [6.07, 6.45) is 7.83. The van der Waals surface area contributed by atoms with Gasteiger partial charge in [-0.1, -0.05) is 52.9 Å². The zero-order valence-corrected chi connectivity index (χ0v) is 12.5. The van der Waals surface area contributed by atoms with Crippen LogP contribution in [0.15, 0.2) is 0 Å². The maximum Gasteiger partial charge on any atom is 0.240 e. The number of primary amides is 1. The average molecular weight is 268 g/mol. The lowest BCUT2D eigenvalue weighted by Crippen LogP contribution is -2.52. The topological polar surface area (TPSA) is 72.2 Å². The predicted molar refractivity (Wildman–Crippen MR) is 76.4 cm³/mol. The van der Waals surface area contributed by atoms with E-state index < -0.39 is 11.9 Å². The van der Waals surface area contributed by atoms with Gasteiger partial charge in [0.15, 0.2) is 0 Å². The van der Waals surface area contributed by atoms with Crippen molar-refractivity contribution in [3.8, 4) is 0 Å². The van der Waals surface area contributed by atoms with Gasteiger partial charge in [-0.3, -0.25) is 9.59 Å². The molecule has 0 aromatic heterocycles. The number of nitrogens with one attached hydrogen (secondary N) is 1. The Balaban J connectivity index is 2.38. The first-order valence-electron chi connectivity index (χ1n) is 7.39. The van der Waals surface area contributed by atoms with Crippen molar-refractivity contribution in [1.82, 2.24) is 5.32 Å². The van der Waals surface area contributed by atoms with Gasteiger partial charge in [-0.15, -0.1) is 0 Å². The van der Waals surface area contributed by atoms with Crippen LogP contribution in [-0.2, 0) is 9.59 Å². The van der Waals surface area contributed by atoms with E-state index in [1.54, 1.807) is 0 Å². The molecule has 0 saturated heterocycles. The lowest BCUT2D eigenvalue weighted by molar-refractivity contribution is -0.129. The van der Waals surface area contributed by atoms with E-state index in [4.69, 9.17) is 5.73 Å². The molecule has 0 spiro atoms. The first-order valence-corrected chi connectivity index (χ1v) is 7.39. The Morgan fingerprint density at radius 2 is 1.79 bits per heavy atom. The molecule has 2 amide bonds. The largest absolute Gasteiger partial charge is 0.368 e. The van der Waals surface area contributed by atoms with Gasteiger partial charge < -0.3 is 11.1 Å². The van der Waals surface area contributed by atoms with Crippen LogP contribution in [0.5, 0.6) is 0 Å². The van der Waals surface area contributed by atoms with E-state index in [-0.39, 0.29) is 11.3 Å². The summed E-state index contributed by atoms with van der Waals surface area (Å²) in [5.74, 6) is 0.170. The molecule has 0 radical (unpaired) electrons. The van der Waals surface area contributed by atoms with E-state index in [0.717, 1.165) is 6.42 Å². The van der Waals surface area contributed by atoms with Gasteiger partial charge in [0.2, 0.25) is 11.8 Å². The van der Waals surface area contributed by atoms with E-state index in [0.29, 0.717) is 12.3 Å². The predicted octanol–water partition coefficient (Wildman–Crippen LogP) is 2.36. The summed E-state index contributed by atoms with van der Waals surface area (Å²) in [6.45, 7) is 5.72. The normalized spacial score (nSPS) is 18.9. The standard InChI is InChI=1S/C15H28N2O2/c1-15(2,3)13(14(16)19)17-12(18)10-9-11-7-5-4-6-8-11/h11,13H,4-10H2,1-3H3,(H2,16,19)(H,17,18). The highest BCUT2D eigenvalue weighted by Crippen LogP contribution is 2.27. The van der Waals surface area contributed by atoms with Crippen LogP contribution in [0, 0.1) is 11.3 Å². The molecule has 0 bridgehead atoms. The van der Waals surface area contributed by atoms with Gasteiger partial charge in [0.05, 0.1) is 0 Å². The Kier molecular flexibility index (Phi) is 5.83. The second-order valence-electron chi connectivity index (χ2n) is 6.81. The summed E-state index contributed by atoms with van der Waals surface area (Å²) in [5, 5.41) is 2.78. The molecule has 1 atom stereocenters. The van der Waals surface area contributed by atoms with Crippen LogP contribution in [0.3, 0.4) is 0 Å². The fourth-order valence-corrected chi connectivity index (χ4v) is 2.76. The molecule has 110 valence electrons. The van der Waals surface area contributed by atoms with E-state index in [1.165, 1.54) is 32.1 Å². The van der Waals surface area contributed by atoms with Crippen molar-refractivity contribution in [3.63, 3.8) is 0 Å². The minimum Gasteiger partial charge on any atom is -0.368 e. The second kappa shape index (κ2) is 6.92. The van der Waals surface area contributed by atoms with Gasteiger partial charge >= 0.3 is 0 Å². The number of carbonyl (C=O) groups excluding carboxylic acids is 2. The summed E-state index contributed by atoms with van der Waals surface area (Å²) in [7, 11) is 0. The zero-order valence-electron chi connectivity index (χ0n) is 12.5. The second-order valence-corrected chi connectivity index (χ2v) is 6.81. The molecule has 1 saturated carbocycles. The quantitative estimate of drug-likeness (QED) is 0.803. The first kappa shape index (κ1) is 16.0. The first-order chi connectivity index (χ1) is 8.80. The Bertz CT molecular complexity index is 315. The van der Waals surface area contributed by atoms with E-state index in [2.05, 4.69) is 5.32 Å². The third-order valence-corrected chi connectivity index (χ3v) is 3.96. The van der Waals surface area contributed by atoms with Gasteiger partial charge in [-0.2, -0.15) is 0 Å². The molecule has 4 heteroatoms. The SMILES string of the molecule is CC(C)(C)C(NC(=O)CCC1CCCCC1)C(N)=O. The molecular weight excluding hydrogens is 240 g/mol. The highest BCUT2D eigenvalue weighted by Gasteiger charge is 2.31. The van der Waals surface area contributed by atoms with Crippen LogP contribution in [0.2, 0.25) is 0 Å². The molecule has 1 aliphatic carbocycles. The summed E-state index contributed by atoms with van der Waals surface area (Å²) in [6, 6.07) is -0.591. The van der Waals surface area contributed by atoms with Crippen LogP contribution in [0.1, 0.15) is 65.7 Å². The number of hydrogen-bond acceptors (Lipinski definition) is 2. The highest BCUT2D eigenvalue weighted by atomic mass is 16.2. The van der Waals surface area contributed by atoms with Crippen molar-refractivity contribution in [2.45, 2.75) is 71.8 Å². The van der Waals surface area contributed by atoms with Gasteiger partial charge in [0.25, 0.3) is 0 Å². The number of nitrogens with two attached hydrogens (primary N) is 1. The molecule has 0 aromatic carbocycles. The number of amides is 2. The summed E-state index contributed by atoms with van der Waals surface area (Å²) >= 11 is 0. The van der Waals surface area contributed by atoms with Gasteiger partial charge in [0, 0.05) is 6.42 Å². The molecule has 3 N–H and O–H groups in total. The van der Waals surface area contributed by atoms with Crippen molar-refractivity contribution in [2.24, 2.45) is 17.1 Å². The van der Waals surface area contributed by atoms with Gasteiger partial charge in [-0.05, 0) is 17.8 Å². The van der Waals surface area contributed by atoms with Crippen molar-refractivity contribution >= 4 is 11.8 Å². The minimum atomic E-state index is -0.591. The fraction of sp³-hybridized carbons (Fsp3) is 0.867. The monoisotopic (exact) mass is 268 g/mol. The van der Waals surface area contributed by atoms with Gasteiger partial charge in [-0.25, -0.2) is 0 Å². The molecule has 4 nitrogen and oxygen atoms in total. The van der Waals surface area contributed by atoms with Crippen molar-refractivity contribution in [1.29, 1.82) is 0 Å². The van der Waals surface area contributed by atoms with Crippen LogP contribution in [0.4, 0.5) is 0 Å². The Hall–Kier alpha value is -1.06. The number of rotatable bonds is 5.